The first-order valence-electron chi connectivity index (χ1n) is 11.3. The van der Waals surface area contributed by atoms with Gasteiger partial charge in [-0.05, 0) is 17.3 Å². The summed E-state index contributed by atoms with van der Waals surface area (Å²) in [6.45, 7) is 12.0. The molecule has 2 N–H and O–H groups in total. The van der Waals surface area contributed by atoms with Crippen molar-refractivity contribution in [2.24, 2.45) is 22.7 Å². The number of likely N-dealkylation sites (tertiary alicyclic amines) is 2. The minimum atomic E-state index is -5.19. The van der Waals surface area contributed by atoms with Crippen LogP contribution in [0, 0.1) is 22.7 Å². The summed E-state index contributed by atoms with van der Waals surface area (Å²) in [6, 6.07) is -0.275. The number of nitrogens with zero attached hydrogens (tertiary/aromatic N) is 2. The van der Waals surface area contributed by atoms with Crippen LogP contribution in [0.2, 0.25) is 0 Å². The largest absolute Gasteiger partial charge is 0.542 e. The predicted octanol–water partition coefficient (Wildman–Crippen LogP) is -0.333. The zero-order valence-electron chi connectivity index (χ0n) is 19.6. The van der Waals surface area contributed by atoms with E-state index in [9.17, 15) is 27.6 Å². The van der Waals surface area contributed by atoms with Gasteiger partial charge in [-0.1, -0.05) is 34.6 Å². The van der Waals surface area contributed by atoms with Crippen molar-refractivity contribution in [2.75, 3.05) is 13.1 Å². The summed E-state index contributed by atoms with van der Waals surface area (Å²) in [4.78, 5) is 51.4. The van der Waals surface area contributed by atoms with Crippen molar-refractivity contribution in [3.05, 3.63) is 0 Å². The van der Waals surface area contributed by atoms with E-state index in [2.05, 4.69) is 33.0 Å². The number of hydrogen-bond donors (Lipinski definition) is 1. The van der Waals surface area contributed by atoms with Crippen LogP contribution in [-0.4, -0.2) is 70.9 Å². The van der Waals surface area contributed by atoms with Gasteiger partial charge >= 0.3 is 6.18 Å². The molecule has 0 aromatic rings. The van der Waals surface area contributed by atoms with Crippen LogP contribution in [0.5, 0.6) is 0 Å². The molecule has 4 aliphatic rings. The molecule has 4 rings (SSSR count). The fourth-order valence-electron chi connectivity index (χ4n) is 5.91. The van der Waals surface area contributed by atoms with Gasteiger partial charge in [0.05, 0.1) is 24.5 Å². The quantitative estimate of drug-likeness (QED) is 0.550. The molecule has 4 atom stereocenters. The number of rotatable bonds is 2. The standard InChI is InChI=1S/C20H31N3O3.C2HF3O2/c1-11-14-13(8-10-22(14)17(25)12-7-6-9-21-12)23(16(11)24)18(26)15-19(2,3)20(15,4)5;3-2(4,5)1(6)7/h11-15,21H,6-10H2,1-5H3;(H,6,7)/t11-,12-,13-,14+;/m0./s1. The zero-order chi connectivity index (χ0) is 25.1. The maximum Gasteiger partial charge on any atom is 0.430 e. The first-order chi connectivity index (χ1) is 15.0. The summed E-state index contributed by atoms with van der Waals surface area (Å²) in [5, 5.41) is 10.9. The van der Waals surface area contributed by atoms with E-state index in [1.54, 1.807) is 4.90 Å². The molecule has 1 aliphatic carbocycles. The van der Waals surface area contributed by atoms with Crippen LogP contribution in [0.4, 0.5) is 13.2 Å². The Bertz CT molecular complexity index is 837. The number of amides is 3. The third-order valence-electron chi connectivity index (χ3n) is 8.40. The molecule has 0 radical (unpaired) electrons. The van der Waals surface area contributed by atoms with Crippen molar-refractivity contribution in [1.29, 1.82) is 0 Å². The van der Waals surface area contributed by atoms with Gasteiger partial charge in [-0.15, -0.1) is 0 Å². The van der Waals surface area contributed by atoms with E-state index in [4.69, 9.17) is 9.90 Å². The van der Waals surface area contributed by atoms with Crippen LogP contribution in [0.25, 0.3) is 0 Å². The second kappa shape index (κ2) is 8.25. The van der Waals surface area contributed by atoms with Gasteiger partial charge in [-0.3, -0.25) is 19.3 Å². The summed E-state index contributed by atoms with van der Waals surface area (Å²) < 4.78 is 31.5. The highest BCUT2D eigenvalue weighted by molar-refractivity contribution is 6.02. The van der Waals surface area contributed by atoms with Gasteiger partial charge in [0, 0.05) is 25.3 Å². The number of carboxylic acid groups (broad SMARTS) is 1. The van der Waals surface area contributed by atoms with Crippen molar-refractivity contribution in [3.8, 4) is 0 Å². The molecule has 3 amide bonds. The summed E-state index contributed by atoms with van der Waals surface area (Å²) >= 11 is 0. The molecule has 186 valence electrons. The van der Waals surface area contributed by atoms with Gasteiger partial charge in [0.15, 0.2) is 6.04 Å². The lowest BCUT2D eigenvalue weighted by molar-refractivity contribution is -0.658. The average molecular weight is 476 g/mol. The molecule has 0 unspecified atom stereocenters. The van der Waals surface area contributed by atoms with Crippen LogP contribution in [0.1, 0.15) is 53.9 Å². The fraction of sp³-hybridized carbons (Fsp3) is 0.818. The van der Waals surface area contributed by atoms with Gasteiger partial charge < -0.3 is 20.1 Å². The Kier molecular flexibility index (Phi) is 6.36. The van der Waals surface area contributed by atoms with Crippen molar-refractivity contribution in [2.45, 2.75) is 78.2 Å². The van der Waals surface area contributed by atoms with Crippen molar-refractivity contribution < 1.29 is 42.8 Å². The number of alkyl halides is 3. The van der Waals surface area contributed by atoms with Crippen LogP contribution in [0.3, 0.4) is 0 Å². The number of fused-ring (bicyclic) bond motifs is 1. The second-order valence-corrected chi connectivity index (χ2v) is 10.6. The van der Waals surface area contributed by atoms with E-state index >= 15 is 0 Å². The number of aliphatic carboxylic acids is 1. The van der Waals surface area contributed by atoms with Crippen molar-refractivity contribution >= 4 is 23.7 Å². The Hall–Kier alpha value is -2.17. The lowest BCUT2D eigenvalue weighted by Crippen LogP contribution is -2.89. The zero-order valence-corrected chi connectivity index (χ0v) is 19.6. The van der Waals surface area contributed by atoms with E-state index in [1.165, 1.54) is 0 Å². The van der Waals surface area contributed by atoms with Crippen molar-refractivity contribution in [1.82, 2.24) is 9.80 Å². The number of carbonyl (C=O) groups excluding carboxylic acids is 4. The molecule has 8 nitrogen and oxygen atoms in total. The Morgan fingerprint density at radius 2 is 1.61 bits per heavy atom. The smallest absolute Gasteiger partial charge is 0.430 e. The first kappa shape index (κ1) is 25.5. The van der Waals surface area contributed by atoms with Crippen LogP contribution >= 0.6 is 0 Å². The third-order valence-corrected chi connectivity index (χ3v) is 8.40. The predicted molar refractivity (Wildman–Crippen MR) is 107 cm³/mol. The van der Waals surface area contributed by atoms with E-state index in [0.717, 1.165) is 25.8 Å². The highest BCUT2D eigenvalue weighted by atomic mass is 19.4. The number of hydrogen-bond acceptors (Lipinski definition) is 5. The molecule has 0 bridgehead atoms. The molecular weight excluding hydrogens is 443 g/mol. The molecule has 33 heavy (non-hydrogen) atoms. The van der Waals surface area contributed by atoms with Crippen LogP contribution < -0.4 is 10.4 Å². The van der Waals surface area contributed by atoms with E-state index in [-0.39, 0.29) is 58.5 Å². The average Bonchev–Trinajstić information content (AvgIpc) is 3.25. The topological polar surface area (TPSA) is 114 Å². The molecule has 4 fully saturated rings. The Morgan fingerprint density at radius 3 is 2.03 bits per heavy atom. The van der Waals surface area contributed by atoms with Gasteiger partial charge in [-0.2, -0.15) is 13.2 Å². The maximum absolute atomic E-state index is 13.3. The van der Waals surface area contributed by atoms with Gasteiger partial charge in [0.25, 0.3) is 5.91 Å². The minimum Gasteiger partial charge on any atom is -0.542 e. The van der Waals surface area contributed by atoms with Crippen molar-refractivity contribution in [3.63, 3.8) is 0 Å². The SMILES string of the molecule is C[C@@H]1C(=O)N(C(=O)C2C(C)(C)C2(C)C)[C@H]2CCN(C(=O)[C@@H]3CCC[NH2+]3)[C@H]12.O=C([O-])C(F)(F)F. The lowest BCUT2D eigenvalue weighted by atomic mass is 10.0. The minimum absolute atomic E-state index is 0.00195. The van der Waals surface area contributed by atoms with Crippen LogP contribution in [-0.2, 0) is 19.2 Å². The summed E-state index contributed by atoms with van der Waals surface area (Å²) in [5.74, 6) is -3.36. The van der Waals surface area contributed by atoms with E-state index in [0.29, 0.717) is 6.54 Å². The lowest BCUT2D eigenvalue weighted by Gasteiger charge is -2.27. The highest BCUT2D eigenvalue weighted by Gasteiger charge is 2.71. The number of carbonyl (C=O) groups is 4. The fourth-order valence-corrected chi connectivity index (χ4v) is 5.91. The number of halogens is 3. The summed E-state index contributed by atoms with van der Waals surface area (Å²) in [7, 11) is 0. The summed E-state index contributed by atoms with van der Waals surface area (Å²) in [5.41, 5.74) is -0.169. The monoisotopic (exact) mass is 475 g/mol. The Morgan fingerprint density at radius 1 is 1.06 bits per heavy atom. The van der Waals surface area contributed by atoms with E-state index in [1.807, 2.05) is 11.8 Å². The molecule has 0 aromatic heterocycles. The van der Waals surface area contributed by atoms with Gasteiger partial charge in [0.1, 0.15) is 5.97 Å². The second-order valence-electron chi connectivity index (χ2n) is 10.6. The third kappa shape index (κ3) is 4.13. The Balaban J connectivity index is 0.000000383. The molecule has 3 heterocycles. The normalized spacial score (nSPS) is 32.3. The molecule has 1 saturated carbocycles. The van der Waals surface area contributed by atoms with Gasteiger partial charge in [-0.25, -0.2) is 0 Å². The number of quaternary nitrogens is 1. The Labute approximate surface area is 190 Å². The van der Waals surface area contributed by atoms with Gasteiger partial charge in [0.2, 0.25) is 11.8 Å². The number of carboxylic acids is 1. The number of nitrogens with two attached hydrogens (primary N) is 1. The highest BCUT2D eigenvalue weighted by Crippen LogP contribution is 2.69. The molecule has 3 aliphatic heterocycles. The first-order valence-corrected chi connectivity index (χ1v) is 11.3. The van der Waals surface area contributed by atoms with Crippen LogP contribution in [0.15, 0.2) is 0 Å². The van der Waals surface area contributed by atoms with E-state index < -0.39 is 12.1 Å². The molecule has 11 heteroatoms. The molecular formula is C22H32F3N3O5. The molecule has 3 saturated heterocycles. The number of imide groups is 1. The summed E-state index contributed by atoms with van der Waals surface area (Å²) in [6.07, 6.45) is -2.48. The maximum atomic E-state index is 13.3. The molecule has 0 spiro atoms. The molecule has 0 aromatic carbocycles.